The number of likely N-dealkylation sites (tertiary alicyclic amines) is 1. The van der Waals surface area contributed by atoms with E-state index in [0.29, 0.717) is 19.5 Å². The van der Waals surface area contributed by atoms with Gasteiger partial charge >= 0.3 is 0 Å². The van der Waals surface area contributed by atoms with E-state index in [-0.39, 0.29) is 0 Å². The van der Waals surface area contributed by atoms with Crippen LogP contribution < -0.4 is 0 Å². The number of hydrogen-bond acceptors (Lipinski definition) is 2. The number of halogens is 1. The number of aliphatic hydroxyl groups is 1. The molecule has 3 heteroatoms. The summed E-state index contributed by atoms with van der Waals surface area (Å²) in [6.45, 7) is 1.75. The number of β-amino-alcohol motifs (C(OH)–C–C–N with tert-alkyl or cyclic N) is 1. The summed E-state index contributed by atoms with van der Waals surface area (Å²) in [5, 5.41) is 9.90. The van der Waals surface area contributed by atoms with Gasteiger partial charge in [0, 0.05) is 19.6 Å². The summed E-state index contributed by atoms with van der Waals surface area (Å²) in [6, 6.07) is 9.52. The number of alkyl halides is 1. The van der Waals surface area contributed by atoms with Crippen molar-refractivity contribution in [2.45, 2.75) is 18.7 Å². The van der Waals surface area contributed by atoms with E-state index >= 15 is 0 Å². The number of hydrogen-bond donors (Lipinski definition) is 1. The molecule has 0 amide bonds. The van der Waals surface area contributed by atoms with Crippen molar-refractivity contribution in [1.82, 2.24) is 4.90 Å². The second-order valence-corrected chi connectivity index (χ2v) is 4.07. The van der Waals surface area contributed by atoms with Crippen LogP contribution in [0.4, 0.5) is 4.39 Å². The lowest BCUT2D eigenvalue weighted by Crippen LogP contribution is -2.26. The van der Waals surface area contributed by atoms with E-state index in [0.717, 1.165) is 12.1 Å². The maximum absolute atomic E-state index is 12.9. The molecule has 0 saturated carbocycles. The topological polar surface area (TPSA) is 23.5 Å². The van der Waals surface area contributed by atoms with Gasteiger partial charge in [0.2, 0.25) is 0 Å². The summed E-state index contributed by atoms with van der Waals surface area (Å²) in [7, 11) is 0. The van der Waals surface area contributed by atoms with Crippen molar-refractivity contribution in [2.75, 3.05) is 19.6 Å². The molecule has 82 valence electrons. The first-order valence-electron chi connectivity index (χ1n) is 5.35. The molecule has 15 heavy (non-hydrogen) atoms. The van der Waals surface area contributed by atoms with Crippen LogP contribution in [-0.2, 0) is 0 Å². The van der Waals surface area contributed by atoms with Crippen LogP contribution in [-0.4, -0.2) is 35.8 Å². The van der Waals surface area contributed by atoms with Crippen molar-refractivity contribution >= 4 is 0 Å². The molecule has 1 aliphatic rings. The first-order chi connectivity index (χ1) is 7.25. The average molecular weight is 209 g/mol. The molecule has 0 aromatic heterocycles. The van der Waals surface area contributed by atoms with Crippen LogP contribution in [0, 0.1) is 0 Å². The lowest BCUT2D eigenvalue weighted by atomic mass is 10.1. The minimum atomic E-state index is -0.715. The van der Waals surface area contributed by atoms with Gasteiger partial charge < -0.3 is 5.11 Å². The molecule has 2 rings (SSSR count). The van der Waals surface area contributed by atoms with Gasteiger partial charge in [0.15, 0.2) is 0 Å². The molecule has 1 N–H and O–H groups in total. The molecule has 1 aliphatic heterocycles. The van der Waals surface area contributed by atoms with E-state index < -0.39 is 12.3 Å². The maximum Gasteiger partial charge on any atom is 0.114 e. The fourth-order valence-electron chi connectivity index (χ4n) is 1.98. The average Bonchev–Trinajstić information content (AvgIpc) is 2.65. The molecule has 0 unspecified atom stereocenters. The van der Waals surface area contributed by atoms with Crippen molar-refractivity contribution in [3.05, 3.63) is 35.9 Å². The Morgan fingerprint density at radius 2 is 2.13 bits per heavy atom. The molecule has 1 aromatic carbocycles. The molecule has 2 atom stereocenters. The zero-order valence-electron chi connectivity index (χ0n) is 8.64. The second kappa shape index (κ2) is 4.73. The van der Waals surface area contributed by atoms with Gasteiger partial charge in [-0.05, 0) is 12.0 Å². The monoisotopic (exact) mass is 209 g/mol. The van der Waals surface area contributed by atoms with Gasteiger partial charge in [0.1, 0.15) is 6.17 Å². The molecule has 0 spiro atoms. The van der Waals surface area contributed by atoms with Crippen molar-refractivity contribution in [3.63, 3.8) is 0 Å². The summed E-state index contributed by atoms with van der Waals surface area (Å²) in [5.41, 5.74) is 0.903. The van der Waals surface area contributed by atoms with Crippen LogP contribution in [0.2, 0.25) is 0 Å². The van der Waals surface area contributed by atoms with E-state index in [1.165, 1.54) is 0 Å². The van der Waals surface area contributed by atoms with E-state index in [1.54, 1.807) is 0 Å². The maximum atomic E-state index is 12.9. The predicted molar refractivity (Wildman–Crippen MR) is 57.4 cm³/mol. The highest BCUT2D eigenvalue weighted by atomic mass is 19.1. The minimum Gasteiger partial charge on any atom is -0.387 e. The highest BCUT2D eigenvalue weighted by Gasteiger charge is 2.23. The lowest BCUT2D eigenvalue weighted by Gasteiger charge is -2.19. The van der Waals surface area contributed by atoms with Crippen LogP contribution in [0.25, 0.3) is 0 Å². The van der Waals surface area contributed by atoms with Gasteiger partial charge in [0.05, 0.1) is 6.10 Å². The van der Waals surface area contributed by atoms with E-state index in [1.807, 2.05) is 35.2 Å². The van der Waals surface area contributed by atoms with Crippen LogP contribution in [0.15, 0.2) is 30.3 Å². The van der Waals surface area contributed by atoms with Crippen LogP contribution in [0.5, 0.6) is 0 Å². The Balaban J connectivity index is 1.90. The van der Waals surface area contributed by atoms with Gasteiger partial charge in [-0.25, -0.2) is 4.39 Å². The molecule has 1 aromatic rings. The Morgan fingerprint density at radius 3 is 2.73 bits per heavy atom. The number of aliphatic hydroxyl groups excluding tert-OH is 1. The smallest absolute Gasteiger partial charge is 0.114 e. The molecule has 1 fully saturated rings. The standard InChI is InChI=1S/C12H16FNO/c13-11-6-7-14(8-11)9-12(15)10-4-2-1-3-5-10/h1-5,11-12,15H,6-9H2/t11-,12-/m1/s1. The van der Waals surface area contributed by atoms with Crippen molar-refractivity contribution < 1.29 is 9.50 Å². The third-order valence-corrected chi connectivity index (χ3v) is 2.83. The Morgan fingerprint density at radius 1 is 1.40 bits per heavy atom. The molecule has 1 heterocycles. The Labute approximate surface area is 89.3 Å². The summed E-state index contributed by atoms with van der Waals surface area (Å²) in [5.74, 6) is 0. The predicted octanol–water partition coefficient (Wildman–Crippen LogP) is 1.76. The highest BCUT2D eigenvalue weighted by Crippen LogP contribution is 2.18. The lowest BCUT2D eigenvalue weighted by molar-refractivity contribution is 0.122. The molecule has 1 saturated heterocycles. The molecule has 0 aliphatic carbocycles. The molecular formula is C12H16FNO. The van der Waals surface area contributed by atoms with Gasteiger partial charge in [-0.15, -0.1) is 0 Å². The van der Waals surface area contributed by atoms with Crippen molar-refractivity contribution in [3.8, 4) is 0 Å². The Bertz CT molecular complexity index is 304. The fraction of sp³-hybridized carbons (Fsp3) is 0.500. The van der Waals surface area contributed by atoms with E-state index in [9.17, 15) is 9.50 Å². The van der Waals surface area contributed by atoms with Gasteiger partial charge in [-0.3, -0.25) is 4.90 Å². The van der Waals surface area contributed by atoms with Crippen molar-refractivity contribution in [1.29, 1.82) is 0 Å². The molecule has 0 radical (unpaired) electrons. The zero-order valence-corrected chi connectivity index (χ0v) is 8.64. The number of nitrogens with zero attached hydrogens (tertiary/aromatic N) is 1. The minimum absolute atomic E-state index is 0.462. The van der Waals surface area contributed by atoms with Crippen LogP contribution in [0.1, 0.15) is 18.1 Å². The zero-order chi connectivity index (χ0) is 10.7. The Kier molecular flexibility index (Phi) is 3.34. The first-order valence-corrected chi connectivity index (χ1v) is 5.35. The second-order valence-electron chi connectivity index (χ2n) is 4.07. The normalized spacial score (nSPS) is 24.3. The first kappa shape index (κ1) is 10.6. The van der Waals surface area contributed by atoms with Gasteiger partial charge in [-0.1, -0.05) is 30.3 Å². The molecule has 2 nitrogen and oxygen atoms in total. The quantitative estimate of drug-likeness (QED) is 0.820. The summed E-state index contributed by atoms with van der Waals surface area (Å²) < 4.78 is 12.9. The molecular weight excluding hydrogens is 193 g/mol. The SMILES string of the molecule is O[C@H](CN1CC[C@@H](F)C1)c1ccccc1. The fourth-order valence-corrected chi connectivity index (χ4v) is 1.98. The van der Waals surface area contributed by atoms with E-state index in [4.69, 9.17) is 0 Å². The molecule has 0 bridgehead atoms. The largest absolute Gasteiger partial charge is 0.387 e. The van der Waals surface area contributed by atoms with E-state index in [2.05, 4.69) is 0 Å². The summed E-state index contributed by atoms with van der Waals surface area (Å²) in [4.78, 5) is 1.97. The Hall–Kier alpha value is -0.930. The summed E-state index contributed by atoms with van der Waals surface area (Å²) >= 11 is 0. The third-order valence-electron chi connectivity index (χ3n) is 2.83. The number of rotatable bonds is 3. The van der Waals surface area contributed by atoms with Crippen molar-refractivity contribution in [2.24, 2.45) is 0 Å². The van der Waals surface area contributed by atoms with Gasteiger partial charge in [-0.2, -0.15) is 0 Å². The van der Waals surface area contributed by atoms with Gasteiger partial charge in [0.25, 0.3) is 0 Å². The summed E-state index contributed by atoms with van der Waals surface area (Å²) in [6.07, 6.45) is -0.619. The third kappa shape index (κ3) is 2.76. The number of benzene rings is 1. The van der Waals surface area contributed by atoms with Crippen LogP contribution >= 0.6 is 0 Å². The van der Waals surface area contributed by atoms with Crippen LogP contribution in [0.3, 0.4) is 0 Å². The highest BCUT2D eigenvalue weighted by molar-refractivity contribution is 5.17.